The SMILES string of the molecule is C=CC1(C)O[P+](c2ccccc2)(c2ccccc2)C=C1Br. The van der Waals surface area contributed by atoms with Crippen molar-refractivity contribution in [3.8, 4) is 0 Å². The van der Waals surface area contributed by atoms with Crippen LogP contribution in [0.25, 0.3) is 0 Å². The highest BCUT2D eigenvalue weighted by Gasteiger charge is 2.56. The molecule has 0 spiro atoms. The molecule has 1 heterocycles. The summed E-state index contributed by atoms with van der Waals surface area (Å²) < 4.78 is 7.67. The number of halogens is 1. The van der Waals surface area contributed by atoms with Crippen LogP contribution >= 0.6 is 23.4 Å². The molecule has 21 heavy (non-hydrogen) atoms. The van der Waals surface area contributed by atoms with Crippen LogP contribution in [0.5, 0.6) is 0 Å². The first kappa shape index (κ1) is 14.7. The van der Waals surface area contributed by atoms with Crippen molar-refractivity contribution >= 4 is 34.0 Å². The molecule has 0 saturated heterocycles. The van der Waals surface area contributed by atoms with Gasteiger partial charge < -0.3 is 0 Å². The van der Waals surface area contributed by atoms with E-state index in [9.17, 15) is 0 Å². The second-order valence-corrected chi connectivity index (χ2v) is 8.85. The first-order valence-electron chi connectivity index (χ1n) is 6.84. The van der Waals surface area contributed by atoms with Crippen molar-refractivity contribution in [2.75, 3.05) is 0 Å². The largest absolute Gasteiger partial charge is 0.237 e. The van der Waals surface area contributed by atoms with Gasteiger partial charge in [-0.25, -0.2) is 4.52 Å². The summed E-state index contributed by atoms with van der Waals surface area (Å²) in [5.41, 5.74) is -0.473. The summed E-state index contributed by atoms with van der Waals surface area (Å²) in [6, 6.07) is 20.9. The molecule has 3 heteroatoms. The van der Waals surface area contributed by atoms with Gasteiger partial charge in [0.1, 0.15) is 16.4 Å². The van der Waals surface area contributed by atoms with E-state index in [0.29, 0.717) is 0 Å². The lowest BCUT2D eigenvalue weighted by Crippen LogP contribution is -2.27. The molecular formula is C18H17BrOP+. The second-order valence-electron chi connectivity index (χ2n) is 5.21. The van der Waals surface area contributed by atoms with Crippen molar-refractivity contribution in [1.29, 1.82) is 0 Å². The summed E-state index contributed by atoms with van der Waals surface area (Å²) in [6.45, 7) is 5.99. The summed E-state index contributed by atoms with van der Waals surface area (Å²) in [4.78, 5) is 0. The molecule has 0 bridgehead atoms. The van der Waals surface area contributed by atoms with E-state index in [2.05, 4.69) is 76.9 Å². The van der Waals surface area contributed by atoms with Crippen LogP contribution in [0, 0.1) is 0 Å². The van der Waals surface area contributed by atoms with Crippen LogP contribution in [0.4, 0.5) is 0 Å². The van der Waals surface area contributed by atoms with Gasteiger partial charge in [0.2, 0.25) is 7.49 Å². The lowest BCUT2D eigenvalue weighted by molar-refractivity contribution is 0.225. The second kappa shape index (κ2) is 5.53. The fraction of sp³-hybridized carbons (Fsp3) is 0.111. The molecule has 3 rings (SSSR count). The standard InChI is InChI=1S/C18H17BrOP/c1-3-18(2)17(19)14-21(20-18,15-10-6-4-7-11-15)16-12-8-5-9-13-16/h3-14H,1H2,2H3/q+1. The van der Waals surface area contributed by atoms with E-state index >= 15 is 0 Å². The predicted octanol–water partition coefficient (Wildman–Crippen LogP) is 4.78. The molecule has 0 fully saturated rings. The molecule has 2 aromatic carbocycles. The number of hydrogen-bond donors (Lipinski definition) is 0. The lowest BCUT2D eigenvalue weighted by atomic mass is 10.1. The predicted molar refractivity (Wildman–Crippen MR) is 95.8 cm³/mol. The van der Waals surface area contributed by atoms with Crippen LogP contribution in [0.15, 0.2) is 83.6 Å². The Hall–Kier alpha value is -1.21. The van der Waals surface area contributed by atoms with Crippen LogP contribution in [0.2, 0.25) is 0 Å². The highest BCUT2D eigenvalue weighted by molar-refractivity contribution is 9.11. The first-order chi connectivity index (χ1) is 10.1. The topological polar surface area (TPSA) is 9.23 Å². The van der Waals surface area contributed by atoms with Crippen molar-refractivity contribution < 1.29 is 4.52 Å². The average molecular weight is 360 g/mol. The van der Waals surface area contributed by atoms with Gasteiger partial charge >= 0.3 is 0 Å². The number of rotatable bonds is 3. The fourth-order valence-corrected chi connectivity index (χ4v) is 7.16. The van der Waals surface area contributed by atoms with Crippen molar-refractivity contribution in [3.63, 3.8) is 0 Å². The van der Waals surface area contributed by atoms with Gasteiger partial charge in [0.25, 0.3) is 0 Å². The molecule has 0 radical (unpaired) electrons. The Morgan fingerprint density at radius 2 is 1.48 bits per heavy atom. The van der Waals surface area contributed by atoms with Gasteiger partial charge in [0.05, 0.1) is 4.48 Å². The van der Waals surface area contributed by atoms with Crippen LogP contribution in [-0.4, -0.2) is 5.60 Å². The van der Waals surface area contributed by atoms with E-state index in [-0.39, 0.29) is 0 Å². The van der Waals surface area contributed by atoms with E-state index in [1.807, 2.05) is 25.1 Å². The molecule has 106 valence electrons. The third-order valence-corrected chi connectivity index (χ3v) is 8.56. The molecule has 0 aliphatic carbocycles. The minimum Gasteiger partial charge on any atom is -0.207 e. The maximum Gasteiger partial charge on any atom is 0.237 e. The molecule has 0 aromatic heterocycles. The maximum absolute atomic E-state index is 6.62. The number of hydrogen-bond acceptors (Lipinski definition) is 1. The molecule has 1 atom stereocenters. The monoisotopic (exact) mass is 359 g/mol. The van der Waals surface area contributed by atoms with E-state index in [4.69, 9.17) is 4.52 Å². The van der Waals surface area contributed by atoms with Crippen LogP contribution in [0.1, 0.15) is 6.92 Å². The van der Waals surface area contributed by atoms with Gasteiger partial charge in [-0.2, -0.15) is 0 Å². The Morgan fingerprint density at radius 1 is 1.00 bits per heavy atom. The minimum absolute atomic E-state index is 0.473. The zero-order valence-corrected chi connectivity index (χ0v) is 14.3. The van der Waals surface area contributed by atoms with Crippen molar-refractivity contribution in [3.05, 3.63) is 83.6 Å². The van der Waals surface area contributed by atoms with Crippen molar-refractivity contribution in [2.24, 2.45) is 0 Å². The Morgan fingerprint density at radius 3 is 1.86 bits per heavy atom. The first-order valence-corrected chi connectivity index (χ1v) is 9.41. The number of benzene rings is 2. The highest BCUT2D eigenvalue weighted by atomic mass is 79.9. The van der Waals surface area contributed by atoms with E-state index < -0.39 is 13.1 Å². The minimum atomic E-state index is -2.03. The van der Waals surface area contributed by atoms with Crippen LogP contribution in [0.3, 0.4) is 0 Å². The van der Waals surface area contributed by atoms with E-state index in [1.54, 1.807) is 0 Å². The van der Waals surface area contributed by atoms with Gasteiger partial charge in [0.15, 0.2) is 5.60 Å². The molecule has 1 nitrogen and oxygen atoms in total. The molecule has 1 aliphatic rings. The Labute approximate surface area is 134 Å². The Balaban J connectivity index is 2.22. The summed E-state index contributed by atoms with van der Waals surface area (Å²) in [6.07, 6.45) is 1.86. The van der Waals surface area contributed by atoms with Crippen molar-refractivity contribution in [2.45, 2.75) is 12.5 Å². The molecule has 1 aliphatic heterocycles. The van der Waals surface area contributed by atoms with Gasteiger partial charge in [-0.3, -0.25) is 0 Å². The molecule has 0 N–H and O–H groups in total. The molecule has 1 unspecified atom stereocenters. The van der Waals surface area contributed by atoms with E-state index in [0.717, 1.165) is 4.48 Å². The maximum atomic E-state index is 6.62. The van der Waals surface area contributed by atoms with Crippen LogP contribution < -0.4 is 10.6 Å². The molecule has 0 saturated carbocycles. The summed E-state index contributed by atoms with van der Waals surface area (Å²) in [5.74, 6) is 2.25. The van der Waals surface area contributed by atoms with Crippen molar-refractivity contribution in [1.82, 2.24) is 0 Å². The summed E-state index contributed by atoms with van der Waals surface area (Å²) in [7, 11) is -2.03. The summed E-state index contributed by atoms with van der Waals surface area (Å²) >= 11 is 3.68. The quantitative estimate of drug-likeness (QED) is 0.565. The Kier molecular flexibility index (Phi) is 3.88. The molecular weight excluding hydrogens is 343 g/mol. The molecule has 2 aromatic rings. The average Bonchev–Trinajstić information content (AvgIpc) is 2.83. The van der Waals surface area contributed by atoms with Gasteiger partial charge in [0, 0.05) is 0 Å². The Bertz CT molecular complexity index is 641. The third-order valence-electron chi connectivity index (χ3n) is 3.77. The summed E-state index contributed by atoms with van der Waals surface area (Å²) in [5, 5.41) is 2.44. The van der Waals surface area contributed by atoms with Gasteiger partial charge in [-0.05, 0) is 47.1 Å². The zero-order chi connectivity index (χ0) is 14.9. The smallest absolute Gasteiger partial charge is 0.207 e. The normalized spacial score (nSPS) is 23.6. The van der Waals surface area contributed by atoms with E-state index in [1.165, 1.54) is 10.6 Å². The zero-order valence-electron chi connectivity index (χ0n) is 11.9. The fourth-order valence-electron chi connectivity index (χ4n) is 2.49. The lowest BCUT2D eigenvalue weighted by Gasteiger charge is -2.24. The van der Waals surface area contributed by atoms with Crippen LogP contribution in [-0.2, 0) is 4.52 Å². The third kappa shape index (κ3) is 2.42. The highest BCUT2D eigenvalue weighted by Crippen LogP contribution is 2.68. The van der Waals surface area contributed by atoms with Gasteiger partial charge in [-0.15, -0.1) is 0 Å². The molecule has 0 amide bonds. The van der Waals surface area contributed by atoms with Gasteiger partial charge in [-0.1, -0.05) is 49.1 Å².